The number of benzene rings is 2. The molecule has 1 aliphatic heterocycles. The summed E-state index contributed by atoms with van der Waals surface area (Å²) in [6, 6.07) is 12.3. The van der Waals surface area contributed by atoms with Crippen LogP contribution in [0.4, 0.5) is 5.69 Å². The van der Waals surface area contributed by atoms with E-state index in [1.54, 1.807) is 12.1 Å². The lowest BCUT2D eigenvalue weighted by Gasteiger charge is -2.18. The van der Waals surface area contributed by atoms with E-state index in [0.29, 0.717) is 22.6 Å². The van der Waals surface area contributed by atoms with Crippen LogP contribution in [0.2, 0.25) is 0 Å². The van der Waals surface area contributed by atoms with Gasteiger partial charge in [0.15, 0.2) is 19.0 Å². The molecule has 0 radical (unpaired) electrons. The molecule has 2 aromatic carbocycles. The minimum absolute atomic E-state index is 0.0535. The van der Waals surface area contributed by atoms with Crippen LogP contribution in [-0.2, 0) is 22.4 Å². The Morgan fingerprint density at radius 3 is 2.81 bits per heavy atom. The van der Waals surface area contributed by atoms with Gasteiger partial charge in [-0.1, -0.05) is 24.6 Å². The van der Waals surface area contributed by atoms with Gasteiger partial charge in [0.05, 0.1) is 16.8 Å². The zero-order chi connectivity index (χ0) is 22.1. The molecule has 0 saturated carbocycles. The molecule has 3 aromatic rings. The van der Waals surface area contributed by atoms with Crippen molar-refractivity contribution in [1.82, 2.24) is 4.98 Å². The van der Waals surface area contributed by atoms with E-state index in [0.717, 1.165) is 54.3 Å². The van der Waals surface area contributed by atoms with Gasteiger partial charge in [-0.2, -0.15) is 0 Å². The first-order chi connectivity index (χ1) is 15.6. The summed E-state index contributed by atoms with van der Waals surface area (Å²) in [6.07, 6.45) is 4.75. The van der Waals surface area contributed by atoms with Crippen molar-refractivity contribution in [3.05, 3.63) is 64.8 Å². The number of Topliss-reactive ketones (excluding diaryl/α,β-unsaturated/α-hetero) is 1. The number of carbonyl (C=O) groups is 3. The summed E-state index contributed by atoms with van der Waals surface area (Å²) in [4.78, 5) is 42.2. The highest BCUT2D eigenvalue weighted by atomic mass is 16.5. The van der Waals surface area contributed by atoms with Crippen LogP contribution in [0.5, 0.6) is 5.75 Å². The zero-order valence-electron chi connectivity index (χ0n) is 17.5. The third-order valence-electron chi connectivity index (χ3n) is 5.89. The molecule has 7 nitrogen and oxygen atoms in total. The quantitative estimate of drug-likeness (QED) is 0.384. The monoisotopic (exact) mass is 430 g/mol. The van der Waals surface area contributed by atoms with Crippen LogP contribution in [0.15, 0.2) is 42.5 Å². The Bertz CT molecular complexity index is 1250. The number of ether oxygens (including phenoxy) is 2. The number of hydrogen-bond acceptors (Lipinski definition) is 6. The highest BCUT2D eigenvalue weighted by Gasteiger charge is 2.24. The molecule has 0 fully saturated rings. The molecule has 0 unspecified atom stereocenters. The molecule has 2 aliphatic rings. The molecule has 0 spiro atoms. The smallest absolute Gasteiger partial charge is 0.339 e. The van der Waals surface area contributed by atoms with Crippen molar-refractivity contribution in [2.75, 3.05) is 18.5 Å². The van der Waals surface area contributed by atoms with Crippen molar-refractivity contribution in [1.29, 1.82) is 0 Å². The fraction of sp³-hybridized carbons (Fsp3) is 0.280. The molecule has 1 aliphatic carbocycles. The Labute approximate surface area is 184 Å². The van der Waals surface area contributed by atoms with Crippen molar-refractivity contribution < 1.29 is 23.9 Å². The Morgan fingerprint density at radius 2 is 1.91 bits per heavy atom. The van der Waals surface area contributed by atoms with Crippen LogP contribution in [0.1, 0.15) is 51.2 Å². The van der Waals surface area contributed by atoms with E-state index in [1.165, 1.54) is 6.07 Å². The minimum Gasteiger partial charge on any atom is -0.482 e. The van der Waals surface area contributed by atoms with E-state index in [2.05, 4.69) is 5.32 Å². The zero-order valence-corrected chi connectivity index (χ0v) is 17.5. The molecule has 5 rings (SSSR count). The number of esters is 1. The summed E-state index contributed by atoms with van der Waals surface area (Å²) in [7, 11) is 0. The van der Waals surface area contributed by atoms with Crippen molar-refractivity contribution in [3.8, 4) is 5.75 Å². The molecule has 0 bridgehead atoms. The number of fused-ring (bicyclic) bond motifs is 3. The Morgan fingerprint density at radius 1 is 1.06 bits per heavy atom. The normalized spacial score (nSPS) is 15.1. The SMILES string of the molecule is O=C1COc2ccc(C(=O)COC(=O)c3c4c(nc5ccccc35)CCCCC4)cc2N1. The summed E-state index contributed by atoms with van der Waals surface area (Å²) in [5.41, 5.74) is 3.94. The summed E-state index contributed by atoms with van der Waals surface area (Å²) in [5.74, 6) is -0.641. The maximum atomic E-state index is 13.2. The Hall–Kier alpha value is -3.74. The fourth-order valence-electron chi connectivity index (χ4n) is 4.33. The van der Waals surface area contributed by atoms with Gasteiger partial charge in [0.25, 0.3) is 5.91 Å². The number of nitrogens with one attached hydrogen (secondary N) is 1. The van der Waals surface area contributed by atoms with Gasteiger partial charge in [0.1, 0.15) is 5.75 Å². The third kappa shape index (κ3) is 3.82. The van der Waals surface area contributed by atoms with Gasteiger partial charge in [0, 0.05) is 16.6 Å². The van der Waals surface area contributed by atoms with Gasteiger partial charge in [-0.05, 0) is 55.5 Å². The largest absolute Gasteiger partial charge is 0.482 e. The molecule has 0 atom stereocenters. The van der Waals surface area contributed by atoms with E-state index in [9.17, 15) is 14.4 Å². The second kappa shape index (κ2) is 8.42. The van der Waals surface area contributed by atoms with Gasteiger partial charge in [-0.15, -0.1) is 0 Å². The number of amides is 1. The molecule has 2 heterocycles. The van der Waals surface area contributed by atoms with Crippen LogP contribution in [0.25, 0.3) is 10.9 Å². The van der Waals surface area contributed by atoms with Crippen LogP contribution in [0.3, 0.4) is 0 Å². The summed E-state index contributed by atoms with van der Waals surface area (Å²) >= 11 is 0. The number of aromatic nitrogens is 1. The standard InChI is InChI=1S/C25H22N2O5/c28-21(15-10-11-22-20(12-15)27-23(29)14-31-22)13-32-25(30)24-16-6-2-1-3-8-18(16)26-19-9-5-4-7-17(19)24/h4-5,7,9-12H,1-3,6,8,13-14H2,(H,27,29). The number of ketones is 1. The van der Waals surface area contributed by atoms with Crippen molar-refractivity contribution in [2.24, 2.45) is 0 Å². The number of nitrogens with zero attached hydrogens (tertiary/aromatic N) is 1. The molecule has 1 aromatic heterocycles. The first-order valence-electron chi connectivity index (χ1n) is 10.8. The van der Waals surface area contributed by atoms with E-state index in [-0.39, 0.29) is 18.3 Å². The topological polar surface area (TPSA) is 94.6 Å². The minimum atomic E-state index is -0.510. The van der Waals surface area contributed by atoms with E-state index >= 15 is 0 Å². The Kier molecular flexibility index (Phi) is 5.31. The maximum Gasteiger partial charge on any atom is 0.339 e. The molecular formula is C25H22N2O5. The number of hydrogen-bond donors (Lipinski definition) is 1. The molecule has 1 N–H and O–H groups in total. The maximum absolute atomic E-state index is 13.2. The molecule has 32 heavy (non-hydrogen) atoms. The van der Waals surface area contributed by atoms with Crippen molar-refractivity contribution in [2.45, 2.75) is 32.1 Å². The fourth-order valence-corrected chi connectivity index (χ4v) is 4.33. The van der Waals surface area contributed by atoms with Crippen molar-refractivity contribution in [3.63, 3.8) is 0 Å². The van der Waals surface area contributed by atoms with E-state index in [4.69, 9.17) is 14.5 Å². The van der Waals surface area contributed by atoms with Crippen LogP contribution >= 0.6 is 0 Å². The predicted octanol–water partition coefficient (Wildman–Crippen LogP) is 3.87. The second-order valence-corrected chi connectivity index (χ2v) is 8.04. The molecule has 7 heteroatoms. The van der Waals surface area contributed by atoms with Crippen LogP contribution in [0, 0.1) is 0 Å². The second-order valence-electron chi connectivity index (χ2n) is 8.04. The first kappa shape index (κ1) is 20.2. The van der Waals surface area contributed by atoms with Gasteiger partial charge < -0.3 is 14.8 Å². The molecular weight excluding hydrogens is 408 g/mol. The lowest BCUT2D eigenvalue weighted by Crippen LogP contribution is -2.25. The number of aryl methyl sites for hydroxylation is 1. The number of carbonyl (C=O) groups excluding carboxylic acids is 3. The molecule has 1 amide bonds. The van der Waals surface area contributed by atoms with Crippen LogP contribution in [-0.4, -0.2) is 35.9 Å². The average Bonchev–Trinajstić information content (AvgIpc) is 3.05. The average molecular weight is 430 g/mol. The Balaban J connectivity index is 1.40. The van der Waals surface area contributed by atoms with Crippen LogP contribution < -0.4 is 10.1 Å². The molecule has 162 valence electrons. The summed E-state index contributed by atoms with van der Waals surface area (Å²) in [5, 5.41) is 3.42. The third-order valence-corrected chi connectivity index (χ3v) is 5.89. The first-order valence-corrected chi connectivity index (χ1v) is 10.8. The number of anilines is 1. The summed E-state index contributed by atoms with van der Waals surface area (Å²) in [6.45, 7) is -0.444. The predicted molar refractivity (Wildman–Crippen MR) is 118 cm³/mol. The number of para-hydroxylation sites is 1. The van der Waals surface area contributed by atoms with E-state index in [1.807, 2.05) is 24.3 Å². The lowest BCUT2D eigenvalue weighted by molar-refractivity contribution is -0.118. The lowest BCUT2D eigenvalue weighted by atomic mass is 9.97. The van der Waals surface area contributed by atoms with Gasteiger partial charge >= 0.3 is 5.97 Å². The van der Waals surface area contributed by atoms with Gasteiger partial charge in [-0.25, -0.2) is 4.79 Å². The highest BCUT2D eigenvalue weighted by Crippen LogP contribution is 2.30. The number of rotatable bonds is 4. The summed E-state index contributed by atoms with van der Waals surface area (Å²) < 4.78 is 10.8. The van der Waals surface area contributed by atoms with Crippen molar-refractivity contribution >= 4 is 34.3 Å². The molecule has 0 saturated heterocycles. The van der Waals surface area contributed by atoms with Gasteiger partial charge in [0.2, 0.25) is 0 Å². The highest BCUT2D eigenvalue weighted by molar-refractivity contribution is 6.07. The number of pyridine rings is 1. The van der Waals surface area contributed by atoms with E-state index < -0.39 is 12.6 Å². The van der Waals surface area contributed by atoms with Gasteiger partial charge in [-0.3, -0.25) is 14.6 Å².